The molecule has 0 bridgehead atoms. The third-order valence-corrected chi connectivity index (χ3v) is 6.39. The van der Waals surface area contributed by atoms with Crippen LogP contribution in [0.2, 0.25) is 0 Å². The first-order chi connectivity index (χ1) is 11.2. The van der Waals surface area contributed by atoms with Crippen LogP contribution in [0.25, 0.3) is 0 Å². The summed E-state index contributed by atoms with van der Waals surface area (Å²) in [6.07, 6.45) is 0.587. The lowest BCUT2D eigenvalue weighted by atomic mass is 9.94. The number of sulfonamides is 1. The van der Waals surface area contributed by atoms with Gasteiger partial charge in [0.15, 0.2) is 0 Å². The van der Waals surface area contributed by atoms with Crippen LogP contribution in [-0.4, -0.2) is 38.3 Å². The Hall–Kier alpha value is -1.91. The Kier molecular flexibility index (Phi) is 5.02. The van der Waals surface area contributed by atoms with Crippen LogP contribution in [0.4, 0.5) is 5.69 Å². The summed E-state index contributed by atoms with van der Waals surface area (Å²) in [5.41, 5.74) is 0.417. The largest absolute Gasteiger partial charge is 0.310 e. The summed E-state index contributed by atoms with van der Waals surface area (Å²) < 4.78 is 26.6. The molecule has 0 fully saturated rings. The molecule has 1 aromatic rings. The van der Waals surface area contributed by atoms with Crippen molar-refractivity contribution < 1.29 is 13.2 Å². The minimum atomic E-state index is -3.52. The van der Waals surface area contributed by atoms with E-state index in [0.29, 0.717) is 31.7 Å². The van der Waals surface area contributed by atoms with Crippen molar-refractivity contribution in [1.82, 2.24) is 4.31 Å². The molecule has 1 aliphatic rings. The third kappa shape index (κ3) is 3.04. The van der Waals surface area contributed by atoms with E-state index in [4.69, 9.17) is 5.26 Å². The molecule has 0 saturated carbocycles. The van der Waals surface area contributed by atoms with Crippen molar-refractivity contribution in [1.29, 1.82) is 5.26 Å². The molecule has 0 atom stereocenters. The number of hydrogen-bond donors (Lipinski definition) is 0. The van der Waals surface area contributed by atoms with Gasteiger partial charge in [-0.25, -0.2) is 8.42 Å². The fourth-order valence-electron chi connectivity index (χ4n) is 2.85. The lowest BCUT2D eigenvalue weighted by molar-refractivity contribution is -0.124. The Balaban J connectivity index is 2.39. The number of nitrogens with zero attached hydrogens (tertiary/aromatic N) is 3. The van der Waals surface area contributed by atoms with E-state index < -0.39 is 15.4 Å². The summed E-state index contributed by atoms with van der Waals surface area (Å²) in [6, 6.07) is 6.88. The van der Waals surface area contributed by atoms with Crippen LogP contribution in [0, 0.1) is 16.7 Å². The smallest absolute Gasteiger partial charge is 0.246 e. The first-order valence-electron chi connectivity index (χ1n) is 8.05. The van der Waals surface area contributed by atoms with E-state index in [-0.39, 0.29) is 10.8 Å². The van der Waals surface area contributed by atoms with E-state index in [2.05, 4.69) is 0 Å². The first-order valence-corrected chi connectivity index (χ1v) is 9.49. The van der Waals surface area contributed by atoms with Crippen molar-refractivity contribution >= 4 is 21.6 Å². The molecule has 0 N–H and O–H groups in total. The maximum atomic E-state index is 12.6. The highest BCUT2D eigenvalue weighted by atomic mass is 32.2. The van der Waals surface area contributed by atoms with Gasteiger partial charge in [-0.2, -0.15) is 9.57 Å². The SMILES string of the molecule is CCN(CC)S(=O)(=O)c1ccc2c(c1)CCN2C(=O)C(C)(C)C#N. The van der Waals surface area contributed by atoms with Crippen LogP contribution < -0.4 is 4.90 Å². The Bertz CT molecular complexity index is 790. The van der Waals surface area contributed by atoms with Crippen molar-refractivity contribution in [2.75, 3.05) is 24.5 Å². The maximum absolute atomic E-state index is 12.6. The molecule has 0 aromatic heterocycles. The van der Waals surface area contributed by atoms with Crippen molar-refractivity contribution in [3.8, 4) is 6.07 Å². The summed E-state index contributed by atoms with van der Waals surface area (Å²) in [6.45, 7) is 8.08. The molecule has 1 heterocycles. The predicted octanol–water partition coefficient (Wildman–Crippen LogP) is 2.16. The van der Waals surface area contributed by atoms with Crippen molar-refractivity contribution in [2.24, 2.45) is 5.41 Å². The van der Waals surface area contributed by atoms with Gasteiger partial charge in [0, 0.05) is 25.3 Å². The number of amides is 1. The van der Waals surface area contributed by atoms with Gasteiger partial charge in [-0.3, -0.25) is 4.79 Å². The van der Waals surface area contributed by atoms with Crippen molar-refractivity contribution in [3.63, 3.8) is 0 Å². The van der Waals surface area contributed by atoms with Gasteiger partial charge in [-0.05, 0) is 44.0 Å². The highest BCUT2D eigenvalue weighted by Gasteiger charge is 2.36. The fourth-order valence-corrected chi connectivity index (χ4v) is 4.36. The second kappa shape index (κ2) is 6.54. The monoisotopic (exact) mass is 349 g/mol. The average molecular weight is 349 g/mol. The van der Waals surface area contributed by atoms with Crippen molar-refractivity contribution in [2.45, 2.75) is 39.0 Å². The number of rotatable bonds is 5. The highest BCUT2D eigenvalue weighted by Crippen LogP contribution is 2.34. The summed E-state index contributed by atoms with van der Waals surface area (Å²) in [5, 5.41) is 9.16. The van der Waals surface area contributed by atoms with Crippen LogP contribution in [0.5, 0.6) is 0 Å². The summed E-state index contributed by atoms with van der Waals surface area (Å²) in [7, 11) is -3.52. The summed E-state index contributed by atoms with van der Waals surface area (Å²) in [5.74, 6) is -0.261. The van der Waals surface area contributed by atoms with Crippen LogP contribution in [0.15, 0.2) is 23.1 Å². The molecule has 0 unspecified atom stereocenters. The summed E-state index contributed by atoms with van der Waals surface area (Å²) >= 11 is 0. The van der Waals surface area contributed by atoms with E-state index in [9.17, 15) is 13.2 Å². The minimum Gasteiger partial charge on any atom is -0.310 e. The molecule has 1 aromatic carbocycles. The van der Waals surface area contributed by atoms with Gasteiger partial charge in [0.2, 0.25) is 15.9 Å². The van der Waals surface area contributed by atoms with E-state index in [0.717, 1.165) is 5.56 Å². The number of hydrogen-bond acceptors (Lipinski definition) is 4. The Morgan fingerprint density at radius 2 is 1.96 bits per heavy atom. The zero-order chi connectivity index (χ0) is 18.1. The Morgan fingerprint density at radius 1 is 1.33 bits per heavy atom. The number of benzene rings is 1. The van der Waals surface area contributed by atoms with Crippen LogP contribution in [0.3, 0.4) is 0 Å². The molecule has 0 aliphatic carbocycles. The fraction of sp³-hybridized carbons (Fsp3) is 0.529. The summed E-state index contributed by atoms with van der Waals surface area (Å²) in [4.78, 5) is 14.3. The van der Waals surface area contributed by atoms with E-state index in [1.165, 1.54) is 10.4 Å². The Labute approximate surface area is 143 Å². The molecule has 130 valence electrons. The molecule has 0 spiro atoms. The van der Waals surface area contributed by atoms with Gasteiger partial charge in [0.05, 0.1) is 11.0 Å². The number of carbonyl (C=O) groups excluding carboxylic acids is 1. The number of carbonyl (C=O) groups is 1. The van der Waals surface area contributed by atoms with Gasteiger partial charge in [0.25, 0.3) is 0 Å². The molecular weight excluding hydrogens is 326 g/mol. The van der Waals surface area contributed by atoms with E-state index in [1.54, 1.807) is 44.7 Å². The van der Waals surface area contributed by atoms with E-state index in [1.807, 2.05) is 6.07 Å². The van der Waals surface area contributed by atoms with Gasteiger partial charge in [0.1, 0.15) is 5.41 Å². The standard InChI is InChI=1S/C17H23N3O3S/c1-5-19(6-2)24(22,23)14-7-8-15-13(11-14)9-10-20(15)16(21)17(3,4)12-18/h7-8,11H,5-6,9-10H2,1-4H3. The van der Waals surface area contributed by atoms with Gasteiger partial charge in [-0.15, -0.1) is 0 Å². The number of fused-ring (bicyclic) bond motifs is 1. The normalized spacial score (nSPS) is 14.6. The van der Waals surface area contributed by atoms with Crippen molar-refractivity contribution in [3.05, 3.63) is 23.8 Å². The van der Waals surface area contributed by atoms with E-state index >= 15 is 0 Å². The number of nitriles is 1. The molecule has 0 saturated heterocycles. The molecule has 7 heteroatoms. The topological polar surface area (TPSA) is 81.5 Å². The molecule has 0 radical (unpaired) electrons. The first kappa shape index (κ1) is 18.4. The van der Waals surface area contributed by atoms with Gasteiger partial charge < -0.3 is 4.90 Å². The second-order valence-corrected chi connectivity index (χ2v) is 8.26. The second-order valence-electron chi connectivity index (χ2n) is 6.32. The zero-order valence-corrected chi connectivity index (χ0v) is 15.4. The predicted molar refractivity (Wildman–Crippen MR) is 92.0 cm³/mol. The highest BCUT2D eigenvalue weighted by molar-refractivity contribution is 7.89. The van der Waals surface area contributed by atoms with Gasteiger partial charge >= 0.3 is 0 Å². The quantitative estimate of drug-likeness (QED) is 0.816. The lowest BCUT2D eigenvalue weighted by Crippen LogP contribution is -2.39. The van der Waals surface area contributed by atoms with Crippen LogP contribution in [-0.2, 0) is 21.2 Å². The number of anilines is 1. The Morgan fingerprint density at radius 3 is 2.50 bits per heavy atom. The average Bonchev–Trinajstić information content (AvgIpc) is 2.97. The molecule has 2 rings (SSSR count). The molecular formula is C17H23N3O3S. The molecule has 6 nitrogen and oxygen atoms in total. The minimum absolute atomic E-state index is 0.249. The van der Waals surface area contributed by atoms with Crippen LogP contribution >= 0.6 is 0 Å². The third-order valence-electron chi connectivity index (χ3n) is 4.35. The molecule has 1 aliphatic heterocycles. The van der Waals surface area contributed by atoms with Crippen LogP contribution in [0.1, 0.15) is 33.3 Å². The molecule has 1 amide bonds. The maximum Gasteiger partial charge on any atom is 0.246 e. The van der Waals surface area contributed by atoms with Gasteiger partial charge in [-0.1, -0.05) is 13.8 Å². The lowest BCUT2D eigenvalue weighted by Gasteiger charge is -2.24. The zero-order valence-electron chi connectivity index (χ0n) is 14.5. The molecule has 24 heavy (non-hydrogen) atoms.